The summed E-state index contributed by atoms with van der Waals surface area (Å²) in [6, 6.07) is 2.53. The molecule has 4 rings (SSSR count). The molecule has 1 aromatic rings. The normalized spacial score (nSPS) is 27.4. The molecule has 4 heterocycles. The Morgan fingerprint density at radius 3 is 2.78 bits per heavy atom. The summed E-state index contributed by atoms with van der Waals surface area (Å²) in [5, 5.41) is 3.50. The minimum Gasteiger partial charge on any atom is -0.364 e. The highest BCUT2D eigenvalue weighted by Gasteiger charge is 2.44. The van der Waals surface area contributed by atoms with Gasteiger partial charge >= 0.3 is 0 Å². The number of alkyl halides is 2. The maximum Gasteiger partial charge on any atom is 0.281 e. The molecule has 2 saturated heterocycles. The van der Waals surface area contributed by atoms with E-state index in [1.807, 2.05) is 6.08 Å². The van der Waals surface area contributed by atoms with Crippen molar-refractivity contribution in [3.63, 3.8) is 0 Å². The monoisotopic (exact) mass is 340 g/mol. The van der Waals surface area contributed by atoms with E-state index in [2.05, 4.69) is 20.1 Å². The summed E-state index contributed by atoms with van der Waals surface area (Å²) < 4.78 is 26.6. The van der Waals surface area contributed by atoms with E-state index in [0.717, 1.165) is 44.8 Å². The van der Waals surface area contributed by atoms with E-state index >= 15 is 0 Å². The molecule has 0 amide bonds. The summed E-state index contributed by atoms with van der Waals surface area (Å²) in [7, 11) is 0. The summed E-state index contributed by atoms with van der Waals surface area (Å²) >= 11 is 5.99. The van der Waals surface area contributed by atoms with Gasteiger partial charge < -0.3 is 10.2 Å². The summed E-state index contributed by atoms with van der Waals surface area (Å²) in [4.78, 5) is 8.56. The second-order valence-electron chi connectivity index (χ2n) is 6.27. The van der Waals surface area contributed by atoms with E-state index in [-0.39, 0.29) is 10.8 Å². The number of nitrogens with zero attached hydrogens (tertiary/aromatic N) is 3. The Hall–Kier alpha value is -1.24. The number of anilines is 1. The van der Waals surface area contributed by atoms with Crippen molar-refractivity contribution < 1.29 is 8.78 Å². The molecule has 3 aliphatic rings. The smallest absolute Gasteiger partial charge is 0.281 e. The maximum absolute atomic E-state index is 13.3. The van der Waals surface area contributed by atoms with Crippen molar-refractivity contribution in [3.8, 4) is 0 Å². The molecule has 0 spiro atoms. The first-order chi connectivity index (χ1) is 11.1. The molecule has 1 N–H and O–H groups in total. The lowest BCUT2D eigenvalue weighted by atomic mass is 9.91. The van der Waals surface area contributed by atoms with Crippen LogP contribution in [0.4, 0.5) is 14.5 Å². The molecule has 0 aliphatic carbocycles. The van der Waals surface area contributed by atoms with Crippen molar-refractivity contribution >= 4 is 23.4 Å². The van der Waals surface area contributed by atoms with Crippen LogP contribution < -0.4 is 10.2 Å². The zero-order valence-corrected chi connectivity index (χ0v) is 13.4. The Kier molecular flexibility index (Phi) is 3.99. The molecule has 7 heteroatoms. The Morgan fingerprint density at radius 1 is 1.26 bits per heavy atom. The van der Waals surface area contributed by atoms with Gasteiger partial charge in [0.05, 0.1) is 0 Å². The second-order valence-corrected chi connectivity index (χ2v) is 6.66. The highest BCUT2D eigenvalue weighted by atomic mass is 35.5. The van der Waals surface area contributed by atoms with Crippen LogP contribution in [-0.2, 0) is 0 Å². The van der Waals surface area contributed by atoms with Gasteiger partial charge in [-0.05, 0) is 12.5 Å². The highest BCUT2D eigenvalue weighted by Crippen LogP contribution is 2.41. The summed E-state index contributed by atoms with van der Waals surface area (Å²) in [6.45, 7) is 4.99. The zero-order chi connectivity index (χ0) is 16.0. The van der Waals surface area contributed by atoms with Crippen molar-refractivity contribution in [3.05, 3.63) is 28.6 Å². The zero-order valence-electron chi connectivity index (χ0n) is 12.7. The fraction of sp³-hybridized carbons (Fsp3) is 0.562. The van der Waals surface area contributed by atoms with Gasteiger partial charge in [-0.2, -0.15) is 0 Å². The Labute approximate surface area is 139 Å². The van der Waals surface area contributed by atoms with Gasteiger partial charge in [-0.25, -0.2) is 13.8 Å². The highest BCUT2D eigenvalue weighted by molar-refractivity contribution is 6.29. The molecular weight excluding hydrogens is 322 g/mol. The van der Waals surface area contributed by atoms with Crippen LogP contribution in [0.1, 0.15) is 24.1 Å². The number of aromatic nitrogens is 1. The molecule has 0 radical (unpaired) electrons. The Bertz CT molecular complexity index is 631. The third kappa shape index (κ3) is 2.62. The molecule has 4 nitrogen and oxygen atoms in total. The molecule has 2 fully saturated rings. The molecule has 2 atom stereocenters. The number of nitrogens with one attached hydrogen (secondary N) is 1. The van der Waals surface area contributed by atoms with Crippen LogP contribution in [0.25, 0.3) is 6.08 Å². The predicted octanol–water partition coefficient (Wildman–Crippen LogP) is 2.55. The molecule has 3 aliphatic heterocycles. The van der Waals surface area contributed by atoms with E-state index in [9.17, 15) is 8.78 Å². The van der Waals surface area contributed by atoms with Gasteiger partial charge in [0.25, 0.3) is 6.43 Å². The molecule has 0 saturated carbocycles. The lowest BCUT2D eigenvalue weighted by molar-refractivity contribution is 0.110. The largest absolute Gasteiger partial charge is 0.364 e. The standard InChI is InChI=1S/C16H19ClF2N4/c17-14-8-12-10(15(21-14)16(18)19)2-1-3-11-13(9-23(11)12)22-6-4-20-5-7-22/h1-2,8,11,13,16,20H,3-7,9H2/t11-,13?/m0/s1. The first-order valence-electron chi connectivity index (χ1n) is 8.01. The van der Waals surface area contributed by atoms with Gasteiger partial charge in [0.15, 0.2) is 0 Å². The van der Waals surface area contributed by atoms with E-state index in [1.165, 1.54) is 0 Å². The fourth-order valence-electron chi connectivity index (χ4n) is 3.89. The average molecular weight is 341 g/mol. The lowest BCUT2D eigenvalue weighted by Crippen LogP contribution is -2.68. The number of fused-ring (bicyclic) bond motifs is 3. The van der Waals surface area contributed by atoms with E-state index < -0.39 is 6.43 Å². The number of hydrogen-bond acceptors (Lipinski definition) is 4. The molecule has 23 heavy (non-hydrogen) atoms. The first-order valence-corrected chi connectivity index (χ1v) is 8.39. The van der Waals surface area contributed by atoms with Crippen LogP contribution in [0.15, 0.2) is 12.1 Å². The predicted molar refractivity (Wildman–Crippen MR) is 87.2 cm³/mol. The van der Waals surface area contributed by atoms with Crippen LogP contribution in [0.5, 0.6) is 0 Å². The van der Waals surface area contributed by atoms with E-state index in [1.54, 1.807) is 12.1 Å². The van der Waals surface area contributed by atoms with Gasteiger partial charge in [0.2, 0.25) is 0 Å². The van der Waals surface area contributed by atoms with E-state index in [4.69, 9.17) is 11.6 Å². The maximum atomic E-state index is 13.3. The molecule has 124 valence electrons. The van der Waals surface area contributed by atoms with Crippen LogP contribution in [-0.4, -0.2) is 54.7 Å². The minimum atomic E-state index is -2.62. The Balaban J connectivity index is 1.65. The quantitative estimate of drug-likeness (QED) is 0.838. The van der Waals surface area contributed by atoms with E-state index in [0.29, 0.717) is 17.6 Å². The number of piperazine rings is 1. The van der Waals surface area contributed by atoms with Gasteiger partial charge in [-0.15, -0.1) is 0 Å². The van der Waals surface area contributed by atoms with Crippen LogP contribution >= 0.6 is 11.6 Å². The third-order valence-corrected chi connectivity index (χ3v) is 5.26. The van der Waals surface area contributed by atoms with Crippen LogP contribution in [0.3, 0.4) is 0 Å². The second kappa shape index (κ2) is 6.00. The van der Waals surface area contributed by atoms with Gasteiger partial charge in [0, 0.05) is 56.1 Å². The van der Waals surface area contributed by atoms with Gasteiger partial charge in [-0.3, -0.25) is 4.90 Å². The number of pyridine rings is 1. The van der Waals surface area contributed by atoms with Crippen molar-refractivity contribution in [1.29, 1.82) is 0 Å². The van der Waals surface area contributed by atoms with Gasteiger partial charge in [-0.1, -0.05) is 23.8 Å². The first kappa shape index (κ1) is 15.3. The summed E-state index contributed by atoms with van der Waals surface area (Å²) in [5.41, 5.74) is 1.10. The minimum absolute atomic E-state index is 0.138. The molecule has 1 unspecified atom stereocenters. The number of rotatable bonds is 2. The number of hydrogen-bond donors (Lipinski definition) is 1. The van der Waals surface area contributed by atoms with Crippen LogP contribution in [0, 0.1) is 0 Å². The topological polar surface area (TPSA) is 31.4 Å². The van der Waals surface area contributed by atoms with Crippen LogP contribution in [0.2, 0.25) is 5.15 Å². The average Bonchev–Trinajstić information content (AvgIpc) is 2.65. The van der Waals surface area contributed by atoms with Crippen molar-refractivity contribution in [2.75, 3.05) is 37.6 Å². The molecule has 1 aromatic heterocycles. The van der Waals surface area contributed by atoms with Crippen molar-refractivity contribution in [1.82, 2.24) is 15.2 Å². The fourth-order valence-corrected chi connectivity index (χ4v) is 4.09. The Morgan fingerprint density at radius 2 is 2.04 bits per heavy atom. The SMILES string of the molecule is FC(F)c1nc(Cl)cc2c1C=CC[C@H]1C(N3CCNCC3)CN21. The lowest BCUT2D eigenvalue weighted by Gasteiger charge is -2.54. The summed E-state index contributed by atoms with van der Waals surface area (Å²) in [6.07, 6.45) is 2.03. The third-order valence-electron chi connectivity index (χ3n) is 5.06. The van der Waals surface area contributed by atoms with Crippen molar-refractivity contribution in [2.24, 2.45) is 0 Å². The molecular formula is C16H19ClF2N4. The molecule has 0 aromatic carbocycles. The van der Waals surface area contributed by atoms with Gasteiger partial charge in [0.1, 0.15) is 10.8 Å². The summed E-state index contributed by atoms with van der Waals surface area (Å²) in [5.74, 6) is 0. The van der Waals surface area contributed by atoms with Crippen molar-refractivity contribution in [2.45, 2.75) is 24.9 Å². The number of halogens is 3. The molecule has 0 bridgehead atoms.